The van der Waals surface area contributed by atoms with Crippen molar-refractivity contribution < 1.29 is 0 Å². The Kier molecular flexibility index (Phi) is 3.99. The largest absolute Gasteiger partial charge is 0.384 e. The second-order valence-corrected chi connectivity index (χ2v) is 6.59. The molecule has 2 atom stereocenters. The zero-order chi connectivity index (χ0) is 14.1. The maximum Gasteiger partial charge on any atom is 0.0412 e. The summed E-state index contributed by atoms with van der Waals surface area (Å²) in [6, 6.07) is 7.58. The smallest absolute Gasteiger partial charge is 0.0412 e. The lowest BCUT2D eigenvalue weighted by molar-refractivity contribution is 0.132. The molecule has 3 nitrogen and oxygen atoms in total. The first-order chi connectivity index (χ1) is 9.66. The van der Waals surface area contributed by atoms with Gasteiger partial charge in [0.1, 0.15) is 0 Å². The molecule has 1 fully saturated rings. The molecule has 2 aliphatic rings. The lowest BCUT2D eigenvalue weighted by Crippen LogP contribution is -2.48. The van der Waals surface area contributed by atoms with Gasteiger partial charge in [0, 0.05) is 44.5 Å². The molecule has 2 aliphatic heterocycles. The molecule has 0 spiro atoms. The fourth-order valence-corrected chi connectivity index (χ4v) is 3.55. The maximum absolute atomic E-state index is 3.61. The van der Waals surface area contributed by atoms with Gasteiger partial charge in [-0.2, -0.15) is 0 Å². The van der Waals surface area contributed by atoms with Crippen LogP contribution in [0, 0.1) is 5.92 Å². The van der Waals surface area contributed by atoms with Gasteiger partial charge in [0.15, 0.2) is 0 Å². The number of benzene rings is 1. The van der Waals surface area contributed by atoms with Crippen LogP contribution in [-0.4, -0.2) is 37.6 Å². The molecule has 3 rings (SSSR count). The van der Waals surface area contributed by atoms with Gasteiger partial charge in [-0.15, -0.1) is 0 Å². The fraction of sp³-hybridized carbons (Fsp3) is 0.647. The summed E-state index contributed by atoms with van der Waals surface area (Å²) < 4.78 is 0. The van der Waals surface area contributed by atoms with Crippen LogP contribution in [0.5, 0.6) is 0 Å². The van der Waals surface area contributed by atoms with Crippen molar-refractivity contribution in [1.29, 1.82) is 0 Å². The third-order valence-electron chi connectivity index (χ3n) is 4.76. The Balaban J connectivity index is 1.95. The third kappa shape index (κ3) is 2.57. The van der Waals surface area contributed by atoms with Crippen LogP contribution in [0.1, 0.15) is 43.9 Å². The number of anilines is 1. The summed E-state index contributed by atoms with van der Waals surface area (Å²) in [6.07, 6.45) is 0. The van der Waals surface area contributed by atoms with Gasteiger partial charge in [-0.1, -0.05) is 32.9 Å². The lowest BCUT2D eigenvalue weighted by Gasteiger charge is -2.42. The van der Waals surface area contributed by atoms with Crippen LogP contribution in [0.25, 0.3) is 0 Å². The zero-order valence-corrected chi connectivity index (χ0v) is 12.9. The summed E-state index contributed by atoms with van der Waals surface area (Å²) in [4.78, 5) is 2.67. The van der Waals surface area contributed by atoms with Gasteiger partial charge in [0.05, 0.1) is 0 Å². The summed E-state index contributed by atoms with van der Waals surface area (Å²) in [7, 11) is 0. The van der Waals surface area contributed by atoms with Gasteiger partial charge in [0.2, 0.25) is 0 Å². The molecule has 2 N–H and O–H groups in total. The fourth-order valence-electron chi connectivity index (χ4n) is 3.55. The molecule has 0 saturated carbocycles. The van der Waals surface area contributed by atoms with Crippen LogP contribution in [0.2, 0.25) is 0 Å². The van der Waals surface area contributed by atoms with Crippen molar-refractivity contribution >= 4 is 5.69 Å². The van der Waals surface area contributed by atoms with E-state index in [4.69, 9.17) is 0 Å². The molecule has 0 bridgehead atoms. The number of piperazine rings is 1. The molecule has 1 aromatic rings. The first-order valence-electron chi connectivity index (χ1n) is 7.99. The predicted molar refractivity (Wildman–Crippen MR) is 85.4 cm³/mol. The Morgan fingerprint density at radius 1 is 1.20 bits per heavy atom. The van der Waals surface area contributed by atoms with Gasteiger partial charge in [0.25, 0.3) is 0 Å². The molecule has 0 aliphatic carbocycles. The minimum atomic E-state index is 0.576. The molecular formula is C17H27N3. The number of rotatable bonds is 2. The second-order valence-electron chi connectivity index (χ2n) is 6.59. The Morgan fingerprint density at radius 3 is 2.65 bits per heavy atom. The van der Waals surface area contributed by atoms with E-state index in [1.54, 1.807) is 0 Å². The Bertz CT molecular complexity index is 463. The number of hydrogen-bond donors (Lipinski definition) is 2. The van der Waals surface area contributed by atoms with E-state index in [2.05, 4.69) is 54.5 Å². The van der Waals surface area contributed by atoms with Crippen LogP contribution >= 0.6 is 0 Å². The first-order valence-corrected chi connectivity index (χ1v) is 7.99. The summed E-state index contributed by atoms with van der Waals surface area (Å²) >= 11 is 0. The average molecular weight is 273 g/mol. The minimum Gasteiger partial charge on any atom is -0.384 e. The molecule has 2 unspecified atom stereocenters. The minimum absolute atomic E-state index is 0.576. The van der Waals surface area contributed by atoms with Crippen molar-refractivity contribution in [2.75, 3.05) is 38.0 Å². The van der Waals surface area contributed by atoms with Crippen molar-refractivity contribution in [2.24, 2.45) is 5.92 Å². The molecule has 0 amide bonds. The second kappa shape index (κ2) is 5.74. The number of nitrogens with zero attached hydrogens (tertiary/aromatic N) is 1. The maximum atomic E-state index is 3.61. The standard InChI is InChI=1S/C17H27N3/c1-12(2)14-4-5-16-15(10-14)17(13(3)11-19-16)20-8-6-18-7-9-20/h4-5,10,12-13,17-19H,6-9,11H2,1-3H3. The molecular weight excluding hydrogens is 246 g/mol. The monoisotopic (exact) mass is 273 g/mol. The van der Waals surface area contributed by atoms with Crippen molar-refractivity contribution in [3.8, 4) is 0 Å². The van der Waals surface area contributed by atoms with Crippen LogP contribution in [0.15, 0.2) is 18.2 Å². The van der Waals surface area contributed by atoms with Gasteiger partial charge < -0.3 is 10.6 Å². The predicted octanol–water partition coefficient (Wildman–Crippen LogP) is 2.82. The van der Waals surface area contributed by atoms with E-state index in [1.807, 2.05) is 0 Å². The number of fused-ring (bicyclic) bond motifs is 1. The number of nitrogens with one attached hydrogen (secondary N) is 2. The van der Waals surface area contributed by atoms with Crippen molar-refractivity contribution in [1.82, 2.24) is 10.2 Å². The Morgan fingerprint density at radius 2 is 1.95 bits per heavy atom. The Hall–Kier alpha value is -1.06. The van der Waals surface area contributed by atoms with Crippen LogP contribution in [-0.2, 0) is 0 Å². The topological polar surface area (TPSA) is 27.3 Å². The molecule has 1 aromatic carbocycles. The summed E-state index contributed by atoms with van der Waals surface area (Å²) in [5.41, 5.74) is 4.31. The van der Waals surface area contributed by atoms with E-state index >= 15 is 0 Å². The molecule has 20 heavy (non-hydrogen) atoms. The summed E-state index contributed by atoms with van der Waals surface area (Å²) in [5, 5.41) is 7.07. The van der Waals surface area contributed by atoms with E-state index in [0.29, 0.717) is 17.9 Å². The Labute approximate surface area is 122 Å². The molecule has 3 heteroatoms. The highest BCUT2D eigenvalue weighted by molar-refractivity contribution is 5.57. The van der Waals surface area contributed by atoms with Gasteiger partial charge >= 0.3 is 0 Å². The molecule has 110 valence electrons. The van der Waals surface area contributed by atoms with E-state index in [0.717, 1.165) is 19.6 Å². The van der Waals surface area contributed by atoms with Crippen molar-refractivity contribution in [3.63, 3.8) is 0 Å². The van der Waals surface area contributed by atoms with E-state index in [-0.39, 0.29) is 0 Å². The highest BCUT2D eigenvalue weighted by atomic mass is 15.2. The third-order valence-corrected chi connectivity index (χ3v) is 4.76. The summed E-state index contributed by atoms with van der Waals surface area (Å²) in [5.74, 6) is 1.27. The van der Waals surface area contributed by atoms with Gasteiger partial charge in [-0.25, -0.2) is 0 Å². The normalized spacial score (nSPS) is 27.2. The lowest BCUT2D eigenvalue weighted by atomic mass is 9.85. The zero-order valence-electron chi connectivity index (χ0n) is 12.9. The van der Waals surface area contributed by atoms with E-state index < -0.39 is 0 Å². The number of hydrogen-bond acceptors (Lipinski definition) is 3. The van der Waals surface area contributed by atoms with Crippen molar-refractivity contribution in [3.05, 3.63) is 29.3 Å². The molecule has 1 saturated heterocycles. The van der Waals surface area contributed by atoms with Gasteiger partial charge in [-0.3, -0.25) is 4.90 Å². The highest BCUT2D eigenvalue weighted by Gasteiger charge is 2.32. The van der Waals surface area contributed by atoms with Crippen LogP contribution in [0.4, 0.5) is 5.69 Å². The SMILES string of the molecule is CC(C)c1ccc2c(c1)C(N1CCNCC1)C(C)CN2. The first kappa shape index (κ1) is 13.9. The summed E-state index contributed by atoms with van der Waals surface area (Å²) in [6.45, 7) is 12.6. The van der Waals surface area contributed by atoms with Crippen LogP contribution < -0.4 is 10.6 Å². The van der Waals surface area contributed by atoms with E-state index in [1.165, 1.54) is 29.9 Å². The molecule has 2 heterocycles. The highest BCUT2D eigenvalue weighted by Crippen LogP contribution is 2.39. The molecule has 0 radical (unpaired) electrons. The van der Waals surface area contributed by atoms with E-state index in [9.17, 15) is 0 Å². The molecule has 0 aromatic heterocycles. The average Bonchev–Trinajstić information content (AvgIpc) is 2.47. The quantitative estimate of drug-likeness (QED) is 0.867. The van der Waals surface area contributed by atoms with Gasteiger partial charge in [-0.05, 0) is 29.0 Å². The van der Waals surface area contributed by atoms with Crippen molar-refractivity contribution in [2.45, 2.75) is 32.7 Å². The van der Waals surface area contributed by atoms with Crippen LogP contribution in [0.3, 0.4) is 0 Å².